The molecule has 0 aromatic heterocycles. The predicted octanol–water partition coefficient (Wildman–Crippen LogP) is 4.09. The van der Waals surface area contributed by atoms with Crippen LogP contribution in [0.15, 0.2) is 17.6 Å². The molecule has 0 unspecified atom stereocenters. The normalized spacial score (nSPS) is 10.5. The average molecular weight is 198 g/mol. The highest BCUT2D eigenvalue weighted by atomic mass is 28.4. The first kappa shape index (κ1) is 12.5. The van der Waals surface area contributed by atoms with Crippen molar-refractivity contribution < 1.29 is 4.43 Å². The smallest absolute Gasteiger partial charge is 0.242 e. The lowest BCUT2D eigenvalue weighted by molar-refractivity contribution is 0.426. The van der Waals surface area contributed by atoms with E-state index in [1.165, 1.54) is 12.8 Å². The van der Waals surface area contributed by atoms with Crippen LogP contribution in [0.5, 0.6) is 0 Å². The Morgan fingerprint density at radius 2 is 2.00 bits per heavy atom. The molecule has 0 aliphatic carbocycles. The van der Waals surface area contributed by atoms with Crippen LogP contribution in [0.25, 0.3) is 0 Å². The van der Waals surface area contributed by atoms with Gasteiger partial charge in [-0.2, -0.15) is 0 Å². The van der Waals surface area contributed by atoms with Gasteiger partial charge in [-0.25, -0.2) is 0 Å². The Morgan fingerprint density at radius 3 is 2.46 bits per heavy atom. The highest BCUT2D eigenvalue weighted by Gasteiger charge is 2.15. The molecule has 0 heterocycles. The molecule has 0 bridgehead atoms. The number of unbranched alkanes of at least 4 members (excludes halogenated alkanes) is 2. The van der Waals surface area contributed by atoms with E-state index in [0.717, 1.165) is 12.2 Å². The van der Waals surface area contributed by atoms with Crippen molar-refractivity contribution in [3.8, 4) is 0 Å². The van der Waals surface area contributed by atoms with Crippen molar-refractivity contribution in [2.24, 2.45) is 0 Å². The fourth-order valence-electron chi connectivity index (χ4n) is 1.01. The van der Waals surface area contributed by atoms with Crippen molar-refractivity contribution in [3.05, 3.63) is 17.6 Å². The lowest BCUT2D eigenvalue weighted by Gasteiger charge is -2.17. The Bertz CT molecular complexity index is 195. The Morgan fingerprint density at radius 1 is 1.38 bits per heavy atom. The molecule has 0 saturated carbocycles. The fourth-order valence-corrected chi connectivity index (χ4v) is 1.99. The molecule has 0 radical (unpaired) electrons. The molecule has 0 fully saturated rings. The highest BCUT2D eigenvalue weighted by Crippen LogP contribution is 2.08. The zero-order valence-electron chi connectivity index (χ0n) is 9.61. The van der Waals surface area contributed by atoms with Gasteiger partial charge in [-0.05, 0) is 45.5 Å². The Balaban J connectivity index is 3.94. The van der Waals surface area contributed by atoms with E-state index in [1.807, 2.05) is 6.92 Å². The number of allylic oxidation sites excluding steroid dienone is 1. The SMILES string of the molecule is CCCCC=C=C(C)O[Si](C)(C)C. The van der Waals surface area contributed by atoms with Crippen LogP contribution in [-0.4, -0.2) is 8.32 Å². The van der Waals surface area contributed by atoms with Gasteiger partial charge >= 0.3 is 0 Å². The third kappa shape index (κ3) is 9.45. The minimum Gasteiger partial charge on any atom is -0.542 e. The van der Waals surface area contributed by atoms with E-state index in [4.69, 9.17) is 4.43 Å². The van der Waals surface area contributed by atoms with E-state index in [9.17, 15) is 0 Å². The van der Waals surface area contributed by atoms with Gasteiger partial charge in [0.05, 0.1) is 0 Å². The topological polar surface area (TPSA) is 9.23 Å². The van der Waals surface area contributed by atoms with Crippen LogP contribution >= 0.6 is 0 Å². The van der Waals surface area contributed by atoms with Gasteiger partial charge in [0.2, 0.25) is 8.32 Å². The lowest BCUT2D eigenvalue weighted by atomic mass is 10.2. The second-order valence-electron chi connectivity index (χ2n) is 4.26. The maximum absolute atomic E-state index is 5.73. The molecule has 0 aromatic carbocycles. The summed E-state index contributed by atoms with van der Waals surface area (Å²) < 4.78 is 5.73. The summed E-state index contributed by atoms with van der Waals surface area (Å²) in [7, 11) is -1.41. The molecule has 0 aromatic rings. The van der Waals surface area contributed by atoms with Crippen LogP contribution in [0, 0.1) is 0 Å². The molecule has 0 spiro atoms. The van der Waals surface area contributed by atoms with Crippen molar-refractivity contribution >= 4 is 8.32 Å². The van der Waals surface area contributed by atoms with Crippen LogP contribution in [0.2, 0.25) is 19.6 Å². The number of hydrogen-bond acceptors (Lipinski definition) is 1. The molecule has 76 valence electrons. The molecule has 1 nitrogen and oxygen atoms in total. The van der Waals surface area contributed by atoms with Crippen LogP contribution in [0.4, 0.5) is 0 Å². The van der Waals surface area contributed by atoms with E-state index in [1.54, 1.807) is 0 Å². The lowest BCUT2D eigenvalue weighted by Crippen LogP contribution is -2.23. The molecular weight excluding hydrogens is 176 g/mol. The molecular formula is C11H22OSi. The standard InChI is InChI=1S/C11H22OSi/c1-6-7-8-9-10-11(2)12-13(3,4)5/h9H,6-8H2,1-5H3. The second-order valence-corrected chi connectivity index (χ2v) is 8.69. The molecule has 0 amide bonds. The van der Waals surface area contributed by atoms with Gasteiger partial charge in [-0.3, -0.25) is 0 Å². The molecule has 0 aliphatic rings. The average Bonchev–Trinajstić information content (AvgIpc) is 1.94. The maximum atomic E-state index is 5.73. The van der Waals surface area contributed by atoms with Gasteiger partial charge in [-0.1, -0.05) is 19.1 Å². The third-order valence-corrected chi connectivity index (χ3v) is 2.39. The molecule has 13 heavy (non-hydrogen) atoms. The van der Waals surface area contributed by atoms with Gasteiger partial charge in [-0.15, -0.1) is 0 Å². The van der Waals surface area contributed by atoms with Gasteiger partial charge in [0.15, 0.2) is 0 Å². The third-order valence-electron chi connectivity index (χ3n) is 1.47. The van der Waals surface area contributed by atoms with Gasteiger partial charge in [0.25, 0.3) is 0 Å². The Kier molecular flexibility index (Phi) is 5.85. The minimum absolute atomic E-state index is 0.940. The summed E-state index contributed by atoms with van der Waals surface area (Å²) in [5.74, 6) is 0.940. The summed E-state index contributed by atoms with van der Waals surface area (Å²) in [6.45, 7) is 10.7. The van der Waals surface area contributed by atoms with Crippen molar-refractivity contribution in [2.75, 3.05) is 0 Å². The van der Waals surface area contributed by atoms with E-state index >= 15 is 0 Å². The summed E-state index contributed by atoms with van der Waals surface area (Å²) in [5, 5.41) is 0. The van der Waals surface area contributed by atoms with Crippen LogP contribution in [0.3, 0.4) is 0 Å². The zero-order valence-corrected chi connectivity index (χ0v) is 10.6. The quantitative estimate of drug-likeness (QED) is 0.280. The molecule has 0 N–H and O–H groups in total. The summed E-state index contributed by atoms with van der Waals surface area (Å²) in [6, 6.07) is 0. The van der Waals surface area contributed by atoms with Crippen molar-refractivity contribution in [2.45, 2.75) is 52.8 Å². The number of hydrogen-bond donors (Lipinski definition) is 0. The first-order valence-electron chi connectivity index (χ1n) is 5.06. The Labute approximate surface area is 83.6 Å². The van der Waals surface area contributed by atoms with E-state index < -0.39 is 8.32 Å². The molecule has 2 heteroatoms. The summed E-state index contributed by atoms with van der Waals surface area (Å²) in [5.41, 5.74) is 3.18. The van der Waals surface area contributed by atoms with Gasteiger partial charge < -0.3 is 4.43 Å². The zero-order chi connectivity index (χ0) is 10.3. The van der Waals surface area contributed by atoms with Gasteiger partial charge in [0.1, 0.15) is 5.76 Å². The molecule has 0 atom stereocenters. The second kappa shape index (κ2) is 6.06. The summed E-state index contributed by atoms with van der Waals surface area (Å²) in [6.07, 6.45) is 5.68. The van der Waals surface area contributed by atoms with Crippen molar-refractivity contribution in [3.63, 3.8) is 0 Å². The summed E-state index contributed by atoms with van der Waals surface area (Å²) >= 11 is 0. The van der Waals surface area contributed by atoms with Crippen molar-refractivity contribution in [1.29, 1.82) is 0 Å². The minimum atomic E-state index is -1.41. The van der Waals surface area contributed by atoms with E-state index in [2.05, 4.69) is 38.4 Å². The molecule has 0 saturated heterocycles. The largest absolute Gasteiger partial charge is 0.542 e. The van der Waals surface area contributed by atoms with E-state index in [0.29, 0.717) is 0 Å². The monoisotopic (exact) mass is 198 g/mol. The fraction of sp³-hybridized carbons (Fsp3) is 0.727. The van der Waals surface area contributed by atoms with E-state index in [-0.39, 0.29) is 0 Å². The molecule has 0 rings (SSSR count). The maximum Gasteiger partial charge on any atom is 0.242 e. The first-order valence-corrected chi connectivity index (χ1v) is 8.47. The summed E-state index contributed by atoms with van der Waals surface area (Å²) in [4.78, 5) is 0. The molecule has 0 aliphatic heterocycles. The van der Waals surface area contributed by atoms with Crippen LogP contribution in [0.1, 0.15) is 33.1 Å². The Hall–Kier alpha value is -0.463. The highest BCUT2D eigenvalue weighted by molar-refractivity contribution is 6.70. The van der Waals surface area contributed by atoms with Crippen molar-refractivity contribution in [1.82, 2.24) is 0 Å². The van der Waals surface area contributed by atoms with Gasteiger partial charge in [0, 0.05) is 0 Å². The van der Waals surface area contributed by atoms with Crippen LogP contribution in [-0.2, 0) is 4.43 Å². The van der Waals surface area contributed by atoms with Crippen LogP contribution < -0.4 is 0 Å². The first-order chi connectivity index (χ1) is 5.95. The predicted molar refractivity (Wildman–Crippen MR) is 61.2 cm³/mol. The number of rotatable bonds is 5.